The maximum Gasteiger partial charge on any atom is 0.243 e. The Morgan fingerprint density at radius 2 is 2.06 bits per heavy atom. The first-order valence-electron chi connectivity index (χ1n) is 6.79. The van der Waals surface area contributed by atoms with Gasteiger partial charge in [-0.25, -0.2) is 0 Å². The van der Waals surface area contributed by atoms with E-state index in [-0.39, 0.29) is 6.04 Å². The second-order valence-electron chi connectivity index (χ2n) is 5.29. The van der Waals surface area contributed by atoms with E-state index in [1.54, 1.807) is 0 Å². The summed E-state index contributed by atoms with van der Waals surface area (Å²) in [4.78, 5) is 4.40. The van der Waals surface area contributed by atoms with Gasteiger partial charge in [-0.3, -0.25) is 0 Å². The smallest absolute Gasteiger partial charge is 0.243 e. The van der Waals surface area contributed by atoms with Crippen LogP contribution in [-0.2, 0) is 0 Å². The number of aromatic nitrogens is 2. The van der Waals surface area contributed by atoms with E-state index in [0.29, 0.717) is 11.8 Å². The Morgan fingerprint density at radius 3 is 2.59 bits per heavy atom. The summed E-state index contributed by atoms with van der Waals surface area (Å²) in [6.45, 7) is 4.13. The second kappa shape index (κ2) is 5.63. The van der Waals surface area contributed by atoms with E-state index in [9.17, 15) is 0 Å². The molecule has 1 atom stereocenters. The molecule has 2 N–H and O–H groups in total. The molecule has 1 aromatic rings. The van der Waals surface area contributed by atoms with Crippen LogP contribution in [0, 0.1) is 5.92 Å². The highest BCUT2D eigenvalue weighted by atomic mass is 16.5. The summed E-state index contributed by atoms with van der Waals surface area (Å²) in [5.74, 6) is 2.83. The van der Waals surface area contributed by atoms with Crippen molar-refractivity contribution in [1.29, 1.82) is 0 Å². The van der Waals surface area contributed by atoms with Crippen LogP contribution in [0.1, 0.15) is 76.0 Å². The lowest BCUT2D eigenvalue weighted by molar-refractivity contribution is 0.294. The third-order valence-electron chi connectivity index (χ3n) is 3.76. The summed E-state index contributed by atoms with van der Waals surface area (Å²) in [6, 6.07) is -0.160. The van der Waals surface area contributed by atoms with E-state index >= 15 is 0 Å². The fraction of sp³-hybridized carbons (Fsp3) is 0.846. The van der Waals surface area contributed by atoms with Crippen molar-refractivity contribution in [2.45, 2.75) is 64.3 Å². The standard InChI is InChI=1S/C13H23N3O/c1-3-4-10-5-7-11(8-6-10)12-15-13(9(2)14)17-16-12/h9-11H,3-8,14H2,1-2H3/t9-,10?,11?/m1/s1. The zero-order valence-corrected chi connectivity index (χ0v) is 10.9. The third-order valence-corrected chi connectivity index (χ3v) is 3.76. The van der Waals surface area contributed by atoms with Crippen molar-refractivity contribution in [3.8, 4) is 0 Å². The molecule has 1 aromatic heterocycles. The van der Waals surface area contributed by atoms with Crippen molar-refractivity contribution in [3.63, 3.8) is 0 Å². The Labute approximate surface area is 103 Å². The molecular formula is C13H23N3O. The molecule has 0 saturated heterocycles. The second-order valence-corrected chi connectivity index (χ2v) is 5.29. The van der Waals surface area contributed by atoms with Crippen LogP contribution in [0.4, 0.5) is 0 Å². The van der Waals surface area contributed by atoms with Gasteiger partial charge in [0.2, 0.25) is 5.89 Å². The third kappa shape index (κ3) is 3.06. The summed E-state index contributed by atoms with van der Waals surface area (Å²) in [6.07, 6.45) is 7.67. The number of nitrogens with two attached hydrogens (primary N) is 1. The summed E-state index contributed by atoms with van der Waals surface area (Å²) in [5.41, 5.74) is 5.72. The van der Waals surface area contributed by atoms with Gasteiger partial charge in [0.1, 0.15) is 0 Å². The highest BCUT2D eigenvalue weighted by Crippen LogP contribution is 2.36. The maximum absolute atomic E-state index is 5.72. The van der Waals surface area contributed by atoms with Gasteiger partial charge in [0, 0.05) is 5.92 Å². The van der Waals surface area contributed by atoms with Crippen molar-refractivity contribution in [3.05, 3.63) is 11.7 Å². The van der Waals surface area contributed by atoms with Crippen LogP contribution in [0.2, 0.25) is 0 Å². The average Bonchev–Trinajstić information content (AvgIpc) is 2.80. The van der Waals surface area contributed by atoms with E-state index in [1.807, 2.05) is 6.92 Å². The lowest BCUT2D eigenvalue weighted by Gasteiger charge is -2.26. The fourth-order valence-electron chi connectivity index (χ4n) is 2.72. The summed E-state index contributed by atoms with van der Waals surface area (Å²) in [7, 11) is 0. The molecule has 0 bridgehead atoms. The highest BCUT2D eigenvalue weighted by Gasteiger charge is 2.25. The molecule has 1 aliphatic carbocycles. The molecule has 0 amide bonds. The molecule has 1 fully saturated rings. The van der Waals surface area contributed by atoms with Gasteiger partial charge in [0.15, 0.2) is 5.82 Å². The van der Waals surface area contributed by atoms with Gasteiger partial charge >= 0.3 is 0 Å². The van der Waals surface area contributed by atoms with Gasteiger partial charge in [-0.15, -0.1) is 0 Å². The minimum absolute atomic E-state index is 0.160. The summed E-state index contributed by atoms with van der Waals surface area (Å²) >= 11 is 0. The molecule has 0 radical (unpaired) electrons. The average molecular weight is 237 g/mol. The molecule has 0 spiro atoms. The molecule has 0 aliphatic heterocycles. The Hall–Kier alpha value is -0.900. The molecule has 1 heterocycles. The van der Waals surface area contributed by atoms with E-state index in [4.69, 9.17) is 10.3 Å². The lowest BCUT2D eigenvalue weighted by atomic mass is 9.80. The van der Waals surface area contributed by atoms with Crippen LogP contribution < -0.4 is 5.73 Å². The molecule has 1 saturated carbocycles. The van der Waals surface area contributed by atoms with Crippen LogP contribution in [0.5, 0.6) is 0 Å². The Bertz CT molecular complexity index is 340. The SMILES string of the molecule is CCCC1CCC(c2noc([C@@H](C)N)n2)CC1. The van der Waals surface area contributed by atoms with Crippen LogP contribution >= 0.6 is 0 Å². The van der Waals surface area contributed by atoms with Crippen molar-refractivity contribution in [2.75, 3.05) is 0 Å². The topological polar surface area (TPSA) is 64.9 Å². The molecule has 1 aliphatic rings. The largest absolute Gasteiger partial charge is 0.338 e. The van der Waals surface area contributed by atoms with Gasteiger partial charge < -0.3 is 10.3 Å². The quantitative estimate of drug-likeness (QED) is 0.873. The summed E-state index contributed by atoms with van der Waals surface area (Å²) in [5, 5.41) is 4.07. The molecule has 2 rings (SSSR count). The van der Waals surface area contributed by atoms with E-state index in [0.717, 1.165) is 11.7 Å². The van der Waals surface area contributed by atoms with Crippen molar-refractivity contribution < 1.29 is 4.52 Å². The monoisotopic (exact) mass is 237 g/mol. The predicted molar refractivity (Wildman–Crippen MR) is 66.5 cm³/mol. The zero-order chi connectivity index (χ0) is 12.3. The molecule has 96 valence electrons. The Kier molecular flexibility index (Phi) is 4.15. The molecule has 0 aromatic carbocycles. The first-order valence-corrected chi connectivity index (χ1v) is 6.79. The normalized spacial score (nSPS) is 27.0. The van der Waals surface area contributed by atoms with Gasteiger partial charge in [0.25, 0.3) is 0 Å². The minimum Gasteiger partial charge on any atom is -0.338 e. The zero-order valence-electron chi connectivity index (χ0n) is 10.9. The Balaban J connectivity index is 1.91. The number of nitrogens with zero attached hydrogens (tertiary/aromatic N) is 2. The van der Waals surface area contributed by atoms with Gasteiger partial charge in [-0.05, 0) is 38.5 Å². The van der Waals surface area contributed by atoms with E-state index in [1.165, 1.54) is 38.5 Å². The fourth-order valence-corrected chi connectivity index (χ4v) is 2.72. The first kappa shape index (κ1) is 12.6. The molecule has 17 heavy (non-hydrogen) atoms. The summed E-state index contributed by atoms with van der Waals surface area (Å²) < 4.78 is 5.17. The number of rotatable bonds is 4. The van der Waals surface area contributed by atoms with Gasteiger partial charge in [-0.2, -0.15) is 4.98 Å². The van der Waals surface area contributed by atoms with Crippen molar-refractivity contribution in [2.24, 2.45) is 11.7 Å². The number of hydrogen-bond donors (Lipinski definition) is 1. The van der Waals surface area contributed by atoms with Crippen molar-refractivity contribution >= 4 is 0 Å². The molecule has 0 unspecified atom stereocenters. The van der Waals surface area contributed by atoms with Gasteiger partial charge in [0.05, 0.1) is 6.04 Å². The van der Waals surface area contributed by atoms with E-state index < -0.39 is 0 Å². The van der Waals surface area contributed by atoms with Gasteiger partial charge in [-0.1, -0.05) is 24.9 Å². The maximum atomic E-state index is 5.72. The lowest BCUT2D eigenvalue weighted by Crippen LogP contribution is -2.14. The molecule has 4 heteroatoms. The van der Waals surface area contributed by atoms with Crippen LogP contribution in [-0.4, -0.2) is 10.1 Å². The highest BCUT2D eigenvalue weighted by molar-refractivity contribution is 4.99. The predicted octanol–water partition coefficient (Wildman–Crippen LogP) is 3.16. The Morgan fingerprint density at radius 1 is 1.35 bits per heavy atom. The van der Waals surface area contributed by atoms with Crippen molar-refractivity contribution in [1.82, 2.24) is 10.1 Å². The van der Waals surface area contributed by atoms with Crippen LogP contribution in [0.15, 0.2) is 4.52 Å². The van der Waals surface area contributed by atoms with E-state index in [2.05, 4.69) is 17.1 Å². The molecular weight excluding hydrogens is 214 g/mol. The van der Waals surface area contributed by atoms with Crippen LogP contribution in [0.25, 0.3) is 0 Å². The number of hydrogen-bond acceptors (Lipinski definition) is 4. The van der Waals surface area contributed by atoms with Crippen LogP contribution in [0.3, 0.4) is 0 Å². The molecule has 4 nitrogen and oxygen atoms in total. The minimum atomic E-state index is -0.160. The first-order chi connectivity index (χ1) is 8.20.